The molecule has 94 valence electrons. The molecule has 17 heavy (non-hydrogen) atoms. The van der Waals surface area contributed by atoms with Crippen molar-refractivity contribution in [3.8, 4) is 0 Å². The molecule has 0 amide bonds. The number of nitrogens with one attached hydrogen (secondary N) is 1. The van der Waals surface area contributed by atoms with E-state index in [-0.39, 0.29) is 0 Å². The number of hydrogen-bond acceptors (Lipinski definition) is 1. The van der Waals surface area contributed by atoms with Crippen LogP contribution in [0.15, 0.2) is 36.4 Å². The van der Waals surface area contributed by atoms with Crippen molar-refractivity contribution in [3.05, 3.63) is 47.5 Å². The van der Waals surface area contributed by atoms with Crippen molar-refractivity contribution in [3.63, 3.8) is 0 Å². The molecule has 1 rings (SSSR count). The Morgan fingerprint density at radius 1 is 1.18 bits per heavy atom. The highest BCUT2D eigenvalue weighted by atomic mass is 14.9. The standard InChI is InChI=1S/C16H25N/c1-6-13(4)11-16(17-5)15-9-7-14(8-10-15)12(2)3/h7-10,12,16-17H,4,6,11H2,1-3,5H3. The molecule has 0 heterocycles. The summed E-state index contributed by atoms with van der Waals surface area (Å²) < 4.78 is 0. The van der Waals surface area contributed by atoms with Gasteiger partial charge in [-0.25, -0.2) is 0 Å². The van der Waals surface area contributed by atoms with Crippen LogP contribution in [0.4, 0.5) is 0 Å². The Bertz CT molecular complexity index is 348. The summed E-state index contributed by atoms with van der Waals surface area (Å²) in [6, 6.07) is 9.33. The van der Waals surface area contributed by atoms with Crippen LogP contribution in [-0.2, 0) is 0 Å². The second-order valence-electron chi connectivity index (χ2n) is 4.97. The van der Waals surface area contributed by atoms with Crippen molar-refractivity contribution in [2.24, 2.45) is 0 Å². The normalized spacial score (nSPS) is 12.8. The van der Waals surface area contributed by atoms with Crippen LogP contribution in [0.3, 0.4) is 0 Å². The lowest BCUT2D eigenvalue weighted by molar-refractivity contribution is 0.582. The number of hydrogen-bond donors (Lipinski definition) is 1. The highest BCUT2D eigenvalue weighted by molar-refractivity contribution is 5.27. The van der Waals surface area contributed by atoms with Gasteiger partial charge < -0.3 is 5.32 Å². The summed E-state index contributed by atoms with van der Waals surface area (Å²) >= 11 is 0. The molecule has 1 aromatic carbocycles. The molecule has 0 spiro atoms. The molecule has 0 aliphatic rings. The van der Waals surface area contributed by atoms with Crippen molar-refractivity contribution >= 4 is 0 Å². The third-order valence-electron chi connectivity index (χ3n) is 3.35. The van der Waals surface area contributed by atoms with Gasteiger partial charge >= 0.3 is 0 Å². The summed E-state index contributed by atoms with van der Waals surface area (Å²) in [5.41, 5.74) is 4.06. The molecular formula is C16H25N. The van der Waals surface area contributed by atoms with Crippen molar-refractivity contribution < 1.29 is 0 Å². The molecule has 1 aromatic rings. The minimum absolute atomic E-state index is 0.392. The second-order valence-corrected chi connectivity index (χ2v) is 4.97. The van der Waals surface area contributed by atoms with Crippen molar-refractivity contribution in [1.29, 1.82) is 0 Å². The first kappa shape index (κ1) is 14.0. The zero-order valence-corrected chi connectivity index (χ0v) is 11.6. The Labute approximate surface area is 106 Å². The molecule has 0 fully saturated rings. The molecule has 1 heteroatoms. The van der Waals surface area contributed by atoms with E-state index >= 15 is 0 Å². The maximum absolute atomic E-state index is 4.09. The van der Waals surface area contributed by atoms with Gasteiger partial charge in [-0.15, -0.1) is 0 Å². The first-order valence-corrected chi connectivity index (χ1v) is 6.52. The van der Waals surface area contributed by atoms with Crippen LogP contribution in [0, 0.1) is 0 Å². The summed E-state index contributed by atoms with van der Waals surface area (Å²) in [4.78, 5) is 0. The van der Waals surface area contributed by atoms with Gasteiger partial charge in [0.1, 0.15) is 0 Å². The van der Waals surface area contributed by atoms with E-state index in [0.717, 1.165) is 12.8 Å². The summed E-state index contributed by atoms with van der Waals surface area (Å²) in [5, 5.41) is 3.37. The Hall–Kier alpha value is -1.08. The van der Waals surface area contributed by atoms with Gasteiger partial charge in [0.15, 0.2) is 0 Å². The molecule has 0 aliphatic carbocycles. The fourth-order valence-electron chi connectivity index (χ4n) is 1.93. The molecule has 0 bridgehead atoms. The molecule has 0 saturated heterocycles. The maximum Gasteiger partial charge on any atom is 0.0355 e. The predicted octanol–water partition coefficient (Wildman–Crippen LogP) is 4.43. The lowest BCUT2D eigenvalue weighted by atomic mass is 9.95. The lowest BCUT2D eigenvalue weighted by Gasteiger charge is -2.18. The van der Waals surface area contributed by atoms with Crippen LogP contribution in [0.1, 0.15) is 56.7 Å². The summed E-state index contributed by atoms with van der Waals surface area (Å²) in [6.45, 7) is 10.7. The number of benzene rings is 1. The van der Waals surface area contributed by atoms with Crippen molar-refractivity contribution in [1.82, 2.24) is 5.32 Å². The summed E-state index contributed by atoms with van der Waals surface area (Å²) in [5.74, 6) is 0.600. The van der Waals surface area contributed by atoms with Gasteiger partial charge in [0.2, 0.25) is 0 Å². The zero-order valence-electron chi connectivity index (χ0n) is 11.6. The zero-order chi connectivity index (χ0) is 12.8. The van der Waals surface area contributed by atoms with Crippen LogP contribution in [0.2, 0.25) is 0 Å². The molecule has 1 N–H and O–H groups in total. The van der Waals surface area contributed by atoms with Crippen LogP contribution in [-0.4, -0.2) is 7.05 Å². The molecule has 1 unspecified atom stereocenters. The largest absolute Gasteiger partial charge is 0.313 e. The van der Waals surface area contributed by atoms with Crippen molar-refractivity contribution in [2.75, 3.05) is 7.05 Å². The molecule has 0 aromatic heterocycles. The van der Waals surface area contributed by atoms with Crippen LogP contribution < -0.4 is 5.32 Å². The summed E-state index contributed by atoms with van der Waals surface area (Å²) in [7, 11) is 2.02. The molecule has 1 atom stereocenters. The first-order valence-electron chi connectivity index (χ1n) is 6.52. The van der Waals surface area contributed by atoms with Crippen LogP contribution in [0.5, 0.6) is 0 Å². The van der Waals surface area contributed by atoms with Gasteiger partial charge in [0, 0.05) is 6.04 Å². The smallest absolute Gasteiger partial charge is 0.0355 e. The van der Waals surface area contributed by atoms with E-state index in [4.69, 9.17) is 0 Å². The second kappa shape index (κ2) is 6.61. The molecule has 0 saturated carbocycles. The minimum atomic E-state index is 0.392. The minimum Gasteiger partial charge on any atom is -0.313 e. The quantitative estimate of drug-likeness (QED) is 0.714. The Kier molecular flexibility index (Phi) is 5.43. The fourth-order valence-corrected chi connectivity index (χ4v) is 1.93. The Morgan fingerprint density at radius 3 is 2.12 bits per heavy atom. The van der Waals surface area contributed by atoms with Gasteiger partial charge in [0.05, 0.1) is 0 Å². The highest BCUT2D eigenvalue weighted by Crippen LogP contribution is 2.23. The van der Waals surface area contributed by atoms with E-state index < -0.39 is 0 Å². The number of rotatable bonds is 6. The SMILES string of the molecule is C=C(CC)CC(NC)c1ccc(C(C)C)cc1. The average molecular weight is 231 g/mol. The summed E-state index contributed by atoms with van der Waals surface area (Å²) in [6.07, 6.45) is 2.08. The fraction of sp³-hybridized carbons (Fsp3) is 0.500. The van der Waals surface area contributed by atoms with Gasteiger partial charge in [-0.2, -0.15) is 0 Å². The lowest BCUT2D eigenvalue weighted by Crippen LogP contribution is -2.16. The van der Waals surface area contributed by atoms with E-state index in [9.17, 15) is 0 Å². The van der Waals surface area contributed by atoms with Gasteiger partial charge in [0.25, 0.3) is 0 Å². The average Bonchev–Trinajstić information content (AvgIpc) is 2.35. The molecule has 1 nitrogen and oxygen atoms in total. The third-order valence-corrected chi connectivity index (χ3v) is 3.35. The van der Waals surface area contributed by atoms with Crippen LogP contribution in [0.25, 0.3) is 0 Å². The molecular weight excluding hydrogens is 206 g/mol. The van der Waals surface area contributed by atoms with Gasteiger partial charge in [-0.05, 0) is 36.9 Å². The Balaban J connectivity index is 2.78. The van der Waals surface area contributed by atoms with E-state index in [1.165, 1.54) is 16.7 Å². The van der Waals surface area contributed by atoms with Gasteiger partial charge in [-0.1, -0.05) is 57.2 Å². The van der Waals surface area contributed by atoms with Crippen molar-refractivity contribution in [2.45, 2.75) is 45.6 Å². The molecule has 0 radical (unpaired) electrons. The van der Waals surface area contributed by atoms with E-state index in [2.05, 4.69) is 56.9 Å². The predicted molar refractivity (Wildman–Crippen MR) is 76.4 cm³/mol. The van der Waals surface area contributed by atoms with E-state index in [1.807, 2.05) is 7.05 Å². The van der Waals surface area contributed by atoms with Crippen LogP contribution >= 0.6 is 0 Å². The van der Waals surface area contributed by atoms with E-state index in [0.29, 0.717) is 12.0 Å². The molecule has 0 aliphatic heterocycles. The maximum atomic E-state index is 4.09. The third kappa shape index (κ3) is 4.01. The van der Waals surface area contributed by atoms with E-state index in [1.54, 1.807) is 0 Å². The first-order chi connectivity index (χ1) is 8.08. The van der Waals surface area contributed by atoms with Gasteiger partial charge in [-0.3, -0.25) is 0 Å². The topological polar surface area (TPSA) is 12.0 Å². The Morgan fingerprint density at radius 2 is 1.71 bits per heavy atom. The highest BCUT2D eigenvalue weighted by Gasteiger charge is 2.10. The monoisotopic (exact) mass is 231 g/mol.